The minimum absolute atomic E-state index is 0.00184. The number of aryl methyl sites for hydroxylation is 3. The molecule has 4 rings (SSSR count). The van der Waals surface area contributed by atoms with Gasteiger partial charge in [0, 0.05) is 0 Å². The molecule has 2 aliphatic carbocycles. The average Bonchev–Trinajstić information content (AvgIpc) is 2.71. The summed E-state index contributed by atoms with van der Waals surface area (Å²) in [6.45, 7) is 2.12. The van der Waals surface area contributed by atoms with Crippen LogP contribution in [0.25, 0.3) is 0 Å². The van der Waals surface area contributed by atoms with Crippen molar-refractivity contribution < 1.29 is 9.53 Å². The van der Waals surface area contributed by atoms with E-state index in [0.717, 1.165) is 25.0 Å². The molecule has 2 aromatic carbocycles. The zero-order valence-electron chi connectivity index (χ0n) is 16.2. The summed E-state index contributed by atoms with van der Waals surface area (Å²) in [7, 11) is 0. The lowest BCUT2D eigenvalue weighted by atomic mass is 9.89. The van der Waals surface area contributed by atoms with Crippen molar-refractivity contribution in [1.29, 1.82) is 0 Å². The zero-order chi connectivity index (χ0) is 18.6. The Balaban J connectivity index is 1.36. The molecule has 27 heavy (non-hydrogen) atoms. The van der Waals surface area contributed by atoms with Crippen LogP contribution in [-0.4, -0.2) is 12.5 Å². The molecule has 0 radical (unpaired) electrons. The molecule has 1 amide bonds. The molecule has 3 heteroatoms. The second-order valence-corrected chi connectivity index (χ2v) is 7.91. The quantitative estimate of drug-likeness (QED) is 0.836. The number of hydrogen-bond acceptors (Lipinski definition) is 2. The number of fused-ring (bicyclic) bond motifs is 2. The van der Waals surface area contributed by atoms with Crippen molar-refractivity contribution in [3.05, 3.63) is 64.2 Å². The largest absolute Gasteiger partial charge is 0.483 e. The van der Waals surface area contributed by atoms with Gasteiger partial charge in [-0.25, -0.2) is 0 Å². The first kappa shape index (κ1) is 18.1. The summed E-state index contributed by atoms with van der Waals surface area (Å²) in [5.41, 5.74) is 6.77. The Morgan fingerprint density at radius 3 is 2.56 bits per heavy atom. The molecule has 0 saturated heterocycles. The van der Waals surface area contributed by atoms with Crippen LogP contribution in [0.5, 0.6) is 5.75 Å². The van der Waals surface area contributed by atoms with E-state index in [0.29, 0.717) is 0 Å². The van der Waals surface area contributed by atoms with Crippen molar-refractivity contribution >= 4 is 5.91 Å². The molecular weight excluding hydrogens is 334 g/mol. The van der Waals surface area contributed by atoms with E-state index in [1.165, 1.54) is 59.9 Å². The molecule has 0 bridgehead atoms. The van der Waals surface area contributed by atoms with Crippen LogP contribution < -0.4 is 10.1 Å². The van der Waals surface area contributed by atoms with Crippen LogP contribution in [0, 0.1) is 0 Å². The molecule has 2 aromatic rings. The number of carbonyl (C=O) groups excluding carboxylic acids is 1. The van der Waals surface area contributed by atoms with Crippen LogP contribution in [0.4, 0.5) is 0 Å². The molecule has 2 aliphatic rings. The van der Waals surface area contributed by atoms with E-state index in [9.17, 15) is 4.79 Å². The van der Waals surface area contributed by atoms with Gasteiger partial charge in [-0.2, -0.15) is 0 Å². The summed E-state index contributed by atoms with van der Waals surface area (Å²) < 4.78 is 5.88. The summed E-state index contributed by atoms with van der Waals surface area (Å²) in [5.74, 6) is 0.817. The summed E-state index contributed by atoms with van der Waals surface area (Å²) in [6, 6.07) is 12.9. The molecule has 3 nitrogen and oxygen atoms in total. The van der Waals surface area contributed by atoms with Crippen LogP contribution in [0.2, 0.25) is 0 Å². The van der Waals surface area contributed by atoms with E-state index < -0.39 is 0 Å². The van der Waals surface area contributed by atoms with Gasteiger partial charge >= 0.3 is 0 Å². The predicted molar refractivity (Wildman–Crippen MR) is 108 cm³/mol. The van der Waals surface area contributed by atoms with Gasteiger partial charge in [-0.05, 0) is 92.2 Å². The van der Waals surface area contributed by atoms with Crippen molar-refractivity contribution in [2.75, 3.05) is 6.61 Å². The molecule has 0 saturated carbocycles. The van der Waals surface area contributed by atoms with E-state index >= 15 is 0 Å². The highest BCUT2D eigenvalue weighted by molar-refractivity contribution is 5.78. The van der Waals surface area contributed by atoms with Crippen LogP contribution in [0.15, 0.2) is 36.4 Å². The monoisotopic (exact) mass is 363 g/mol. The SMILES string of the molecule is CC(NC(=O)COc1cccc2c1CCCC2)c1ccc2c(c1)CCCC2. The Morgan fingerprint density at radius 2 is 1.70 bits per heavy atom. The third-order valence-electron chi connectivity index (χ3n) is 5.96. The van der Waals surface area contributed by atoms with Crippen LogP contribution >= 0.6 is 0 Å². The summed E-state index contributed by atoms with van der Waals surface area (Å²) in [5, 5.41) is 3.09. The smallest absolute Gasteiger partial charge is 0.258 e. The van der Waals surface area contributed by atoms with Gasteiger partial charge in [0.2, 0.25) is 0 Å². The second kappa shape index (κ2) is 8.16. The van der Waals surface area contributed by atoms with Gasteiger partial charge in [0.15, 0.2) is 6.61 Å². The van der Waals surface area contributed by atoms with Gasteiger partial charge in [-0.3, -0.25) is 4.79 Å². The van der Waals surface area contributed by atoms with Crippen LogP contribution in [-0.2, 0) is 30.5 Å². The fraction of sp³-hybridized carbons (Fsp3) is 0.458. The maximum Gasteiger partial charge on any atom is 0.258 e. The number of hydrogen-bond donors (Lipinski definition) is 1. The molecule has 142 valence electrons. The number of nitrogens with one attached hydrogen (secondary N) is 1. The van der Waals surface area contributed by atoms with Crippen LogP contribution in [0.1, 0.15) is 66.5 Å². The molecule has 1 unspecified atom stereocenters. The Bertz CT molecular complexity index is 827. The average molecular weight is 364 g/mol. The number of amides is 1. The van der Waals surface area contributed by atoms with E-state index in [1.54, 1.807) is 0 Å². The lowest BCUT2D eigenvalue weighted by Crippen LogP contribution is -2.31. The first-order chi connectivity index (χ1) is 13.2. The third-order valence-corrected chi connectivity index (χ3v) is 5.96. The van der Waals surface area contributed by atoms with Crippen molar-refractivity contribution in [2.45, 2.75) is 64.3 Å². The van der Waals surface area contributed by atoms with Gasteiger partial charge in [-0.15, -0.1) is 0 Å². The van der Waals surface area contributed by atoms with Gasteiger partial charge in [0.25, 0.3) is 5.91 Å². The van der Waals surface area contributed by atoms with Gasteiger partial charge < -0.3 is 10.1 Å². The van der Waals surface area contributed by atoms with Gasteiger partial charge in [0.05, 0.1) is 6.04 Å². The molecule has 0 fully saturated rings. The van der Waals surface area contributed by atoms with E-state index in [2.05, 4.69) is 29.6 Å². The summed E-state index contributed by atoms with van der Waals surface area (Å²) in [4.78, 5) is 12.4. The zero-order valence-corrected chi connectivity index (χ0v) is 16.2. The number of rotatable bonds is 5. The van der Waals surface area contributed by atoms with Crippen LogP contribution in [0.3, 0.4) is 0 Å². The third kappa shape index (κ3) is 4.18. The first-order valence-electron chi connectivity index (χ1n) is 10.4. The highest BCUT2D eigenvalue weighted by Gasteiger charge is 2.17. The molecule has 0 heterocycles. The van der Waals surface area contributed by atoms with E-state index in [4.69, 9.17) is 4.74 Å². The summed E-state index contributed by atoms with van der Waals surface area (Å²) in [6.07, 6.45) is 9.53. The number of carbonyl (C=O) groups is 1. The van der Waals surface area contributed by atoms with Crippen molar-refractivity contribution in [1.82, 2.24) is 5.32 Å². The fourth-order valence-corrected chi connectivity index (χ4v) is 4.41. The summed E-state index contributed by atoms with van der Waals surface area (Å²) >= 11 is 0. The predicted octanol–water partition coefficient (Wildman–Crippen LogP) is 4.70. The first-order valence-corrected chi connectivity index (χ1v) is 10.4. The van der Waals surface area contributed by atoms with Crippen molar-refractivity contribution in [3.8, 4) is 5.75 Å². The van der Waals surface area contributed by atoms with Gasteiger partial charge in [-0.1, -0.05) is 30.3 Å². The maximum atomic E-state index is 12.4. The maximum absolute atomic E-state index is 12.4. The molecule has 0 aromatic heterocycles. The lowest BCUT2D eigenvalue weighted by molar-refractivity contribution is -0.123. The second-order valence-electron chi connectivity index (χ2n) is 7.91. The number of ether oxygens (including phenoxy) is 1. The minimum atomic E-state index is -0.0615. The molecule has 0 spiro atoms. The number of benzene rings is 2. The molecule has 0 aliphatic heterocycles. The standard InChI is InChI=1S/C24H29NO2/c1-17(20-14-13-18-7-2-3-9-21(18)15-20)25-24(26)16-27-23-12-6-10-19-8-4-5-11-22(19)23/h6,10,12-15,17H,2-5,7-9,11,16H2,1H3,(H,25,26). The van der Waals surface area contributed by atoms with Crippen molar-refractivity contribution in [2.24, 2.45) is 0 Å². The Morgan fingerprint density at radius 1 is 0.963 bits per heavy atom. The minimum Gasteiger partial charge on any atom is -0.483 e. The highest BCUT2D eigenvalue weighted by Crippen LogP contribution is 2.29. The normalized spacial score (nSPS) is 16.8. The Labute approximate surface area is 162 Å². The topological polar surface area (TPSA) is 38.3 Å². The van der Waals surface area contributed by atoms with E-state index in [1.807, 2.05) is 19.1 Å². The molecule has 1 N–H and O–H groups in total. The Kier molecular flexibility index (Phi) is 5.47. The van der Waals surface area contributed by atoms with E-state index in [-0.39, 0.29) is 18.6 Å². The van der Waals surface area contributed by atoms with Gasteiger partial charge in [0.1, 0.15) is 5.75 Å². The molecule has 1 atom stereocenters. The Hall–Kier alpha value is -2.29. The fourth-order valence-electron chi connectivity index (χ4n) is 4.41. The highest BCUT2D eigenvalue weighted by atomic mass is 16.5. The molecular formula is C24H29NO2. The van der Waals surface area contributed by atoms with Crippen molar-refractivity contribution in [3.63, 3.8) is 0 Å². The lowest BCUT2D eigenvalue weighted by Gasteiger charge is -2.21.